The fraction of sp³-hybridized carbons (Fsp3) is 0.622. The van der Waals surface area contributed by atoms with Crippen molar-refractivity contribution >= 4 is 95.5 Å². The van der Waals surface area contributed by atoms with Gasteiger partial charge in [-0.2, -0.15) is 12.6 Å². The SMILES string of the molecule is C.C.C.COC(=O)/C=C/C(=O)OC.COC(=O)CC(SC[C@H](NC(=O)CC[C@H](N)C(=O)O)C(=O)CCC(=O)O)C(=O)OC.N[C@@H](CCC(=O)N[C@@H](CS)C(=O)CCC(=O)O)C(=O)O. The van der Waals surface area contributed by atoms with E-state index in [2.05, 4.69) is 42.2 Å². The van der Waals surface area contributed by atoms with Crippen LogP contribution in [0.25, 0.3) is 0 Å². The number of carbonyl (C=O) groups is 12. The van der Waals surface area contributed by atoms with Gasteiger partial charge in [0.05, 0.1) is 59.8 Å². The zero-order valence-electron chi connectivity index (χ0n) is 33.2. The first-order chi connectivity index (χ1) is 28.0. The van der Waals surface area contributed by atoms with Crippen molar-refractivity contribution < 1.29 is 96.9 Å². The third-order valence-electron chi connectivity index (χ3n) is 7.07. The number of carboxylic acids is 4. The van der Waals surface area contributed by atoms with Crippen LogP contribution in [0.5, 0.6) is 0 Å². The Morgan fingerprint density at radius 3 is 1.29 bits per heavy atom. The largest absolute Gasteiger partial charge is 0.481 e. The summed E-state index contributed by atoms with van der Waals surface area (Å²) in [6.45, 7) is 0. The number of carbonyl (C=O) groups excluding carboxylic acids is 8. The molecule has 24 nitrogen and oxygen atoms in total. The number of esters is 4. The molecule has 0 aliphatic carbocycles. The van der Waals surface area contributed by atoms with Crippen LogP contribution in [-0.4, -0.2) is 161 Å². The van der Waals surface area contributed by atoms with Gasteiger partial charge in [0.2, 0.25) is 11.8 Å². The number of ether oxygens (including phenoxy) is 4. The summed E-state index contributed by atoms with van der Waals surface area (Å²) in [6, 6.07) is -4.44. The Morgan fingerprint density at radius 1 is 0.587 bits per heavy atom. The molecule has 0 spiro atoms. The van der Waals surface area contributed by atoms with E-state index in [4.69, 9.17) is 31.9 Å². The highest BCUT2D eigenvalue weighted by molar-refractivity contribution is 8.00. The molecule has 0 bridgehead atoms. The molecule has 1 unspecified atom stereocenters. The Balaban J connectivity index is -0.000000212. The Kier molecular flexibility index (Phi) is 44.4. The van der Waals surface area contributed by atoms with Gasteiger partial charge in [-0.25, -0.2) is 9.59 Å². The van der Waals surface area contributed by atoms with Crippen LogP contribution in [0.4, 0.5) is 0 Å². The molecule has 26 heteroatoms. The number of thiol groups is 1. The fourth-order valence-corrected chi connectivity index (χ4v) is 5.14. The average Bonchev–Trinajstić information content (AvgIpc) is 3.21. The van der Waals surface area contributed by atoms with E-state index in [1.54, 1.807) is 0 Å². The summed E-state index contributed by atoms with van der Waals surface area (Å²) in [4.78, 5) is 134. The maximum atomic E-state index is 12.3. The molecule has 364 valence electrons. The minimum Gasteiger partial charge on any atom is -0.481 e. The van der Waals surface area contributed by atoms with E-state index in [1.807, 2.05) is 0 Å². The quantitative estimate of drug-likeness (QED) is 0.0222. The Labute approximate surface area is 375 Å². The second-order valence-corrected chi connectivity index (χ2v) is 13.2. The number of hydrogen-bond acceptors (Lipinski definition) is 20. The van der Waals surface area contributed by atoms with E-state index in [1.165, 1.54) is 14.2 Å². The molecule has 5 atom stereocenters. The van der Waals surface area contributed by atoms with Gasteiger partial charge >= 0.3 is 47.8 Å². The third kappa shape index (κ3) is 37.9. The molecule has 63 heavy (non-hydrogen) atoms. The molecule has 0 radical (unpaired) electrons. The van der Waals surface area contributed by atoms with Gasteiger partial charge < -0.3 is 61.5 Å². The number of aliphatic carboxylic acids is 4. The van der Waals surface area contributed by atoms with E-state index >= 15 is 0 Å². The van der Waals surface area contributed by atoms with Crippen molar-refractivity contribution in [3.8, 4) is 0 Å². The molecule has 0 saturated heterocycles. The van der Waals surface area contributed by atoms with E-state index in [0.29, 0.717) is 0 Å². The molecule has 0 rings (SSSR count). The zero-order valence-corrected chi connectivity index (χ0v) is 34.9. The minimum absolute atomic E-state index is 0. The van der Waals surface area contributed by atoms with Crippen LogP contribution >= 0.6 is 24.4 Å². The molecule has 2 amide bonds. The van der Waals surface area contributed by atoms with Gasteiger partial charge in [-0.05, 0) is 12.8 Å². The molecular weight excluding hydrogens is 885 g/mol. The second kappa shape index (κ2) is 40.5. The van der Waals surface area contributed by atoms with Crippen molar-refractivity contribution in [1.29, 1.82) is 0 Å². The van der Waals surface area contributed by atoms with Crippen molar-refractivity contribution in [3.63, 3.8) is 0 Å². The summed E-state index contributed by atoms with van der Waals surface area (Å²) in [7, 11) is 4.71. The van der Waals surface area contributed by atoms with Gasteiger partial charge in [-0.3, -0.25) is 47.9 Å². The number of hydrogen-bond donors (Lipinski definition) is 9. The van der Waals surface area contributed by atoms with E-state index < -0.39 is 107 Å². The van der Waals surface area contributed by atoms with E-state index in [-0.39, 0.29) is 85.2 Å². The van der Waals surface area contributed by atoms with Crippen molar-refractivity contribution in [2.24, 2.45) is 11.5 Å². The maximum absolute atomic E-state index is 12.3. The van der Waals surface area contributed by atoms with Gasteiger partial charge in [0.1, 0.15) is 17.3 Å². The summed E-state index contributed by atoms with van der Waals surface area (Å²) in [5.74, 6) is -9.69. The molecule has 0 aromatic carbocycles. The summed E-state index contributed by atoms with van der Waals surface area (Å²) in [6.07, 6.45) is -0.312. The summed E-state index contributed by atoms with van der Waals surface area (Å²) in [5, 5.41) is 38.3. The number of Topliss-reactive ketones (excluding diaryl/α,β-unsaturated/α-hetero) is 2. The Bertz CT molecular complexity index is 1510. The lowest BCUT2D eigenvalue weighted by atomic mass is 10.1. The standard InChI is InChI=1S/C17H26N2O10S.C11H18N2O6S.C6H8O4.3CH4/c1-28-15(24)7-12(17(27)29-2)30-8-10(11(20)4-6-14(22)23)19-13(21)5-3-9(18)16(25)26;12-6(11(18)19)1-3-9(15)13-7(5-20)8(14)2-4-10(16)17;1-9-5(7)3-4-6(8)10-2;;;/h9-10,12H,3-8,18H2,1-2H3,(H,19,21)(H,22,23)(H,25,26);6-7,20H,1-5,12H2,(H,13,15)(H,16,17)(H,18,19);3-4H,1-2H3;3*1H4/b;;4-3+;;;/t9-,10-,12?;6-,7-;;;;/m00..../s1. The number of thioether (sulfide) groups is 1. The number of ketones is 2. The summed E-state index contributed by atoms with van der Waals surface area (Å²) in [5.41, 5.74) is 10.6. The number of methoxy groups -OCH3 is 4. The first-order valence-corrected chi connectivity index (χ1v) is 18.9. The predicted molar refractivity (Wildman–Crippen MR) is 229 cm³/mol. The highest BCUT2D eigenvalue weighted by atomic mass is 32.2. The second-order valence-electron chi connectivity index (χ2n) is 11.6. The topological polar surface area (TPSA) is 399 Å². The van der Waals surface area contributed by atoms with Gasteiger partial charge in [0.15, 0.2) is 11.6 Å². The van der Waals surface area contributed by atoms with Crippen LogP contribution in [0.15, 0.2) is 12.2 Å². The van der Waals surface area contributed by atoms with Crippen LogP contribution in [0.1, 0.15) is 80.1 Å². The lowest BCUT2D eigenvalue weighted by Crippen LogP contribution is -2.44. The molecular formula is C37H64N4O20S2. The first-order valence-electron chi connectivity index (χ1n) is 17.2. The van der Waals surface area contributed by atoms with Gasteiger partial charge in [-0.1, -0.05) is 22.3 Å². The van der Waals surface area contributed by atoms with Crippen molar-refractivity contribution in [2.45, 2.75) is 109 Å². The van der Waals surface area contributed by atoms with Crippen LogP contribution in [-0.2, 0) is 76.5 Å². The monoisotopic (exact) mass is 948 g/mol. The smallest absolute Gasteiger partial charge is 0.330 e. The first kappa shape index (κ1) is 69.1. The predicted octanol–water partition coefficient (Wildman–Crippen LogP) is -0.241. The number of carboxylic acid groups (broad SMARTS) is 4. The third-order valence-corrected chi connectivity index (χ3v) is 8.72. The number of nitrogens with two attached hydrogens (primary N) is 2. The Hall–Kier alpha value is -5.60. The normalized spacial score (nSPS) is 12.1. The molecule has 0 heterocycles. The van der Waals surface area contributed by atoms with Crippen LogP contribution in [0.3, 0.4) is 0 Å². The van der Waals surface area contributed by atoms with Crippen LogP contribution in [0, 0.1) is 0 Å². The fourth-order valence-electron chi connectivity index (χ4n) is 3.67. The van der Waals surface area contributed by atoms with E-state index in [9.17, 15) is 57.5 Å². The average molecular weight is 949 g/mol. The number of rotatable bonds is 27. The summed E-state index contributed by atoms with van der Waals surface area (Å²) >= 11 is 4.78. The van der Waals surface area contributed by atoms with Crippen molar-refractivity contribution in [1.82, 2.24) is 10.6 Å². The number of nitrogens with one attached hydrogen (secondary N) is 2. The van der Waals surface area contributed by atoms with Gasteiger partial charge in [0.25, 0.3) is 0 Å². The molecule has 0 aromatic heterocycles. The van der Waals surface area contributed by atoms with E-state index in [0.717, 1.165) is 38.1 Å². The van der Waals surface area contributed by atoms with Crippen molar-refractivity contribution in [2.75, 3.05) is 39.9 Å². The Morgan fingerprint density at radius 2 is 0.968 bits per heavy atom. The highest BCUT2D eigenvalue weighted by Crippen LogP contribution is 2.19. The minimum atomic E-state index is -1.28. The van der Waals surface area contributed by atoms with Gasteiger partial charge in [-0.15, -0.1) is 11.8 Å². The molecule has 0 aliphatic rings. The van der Waals surface area contributed by atoms with Gasteiger partial charge in [0, 0.05) is 49.3 Å². The molecule has 0 saturated carbocycles. The molecule has 0 fully saturated rings. The summed E-state index contributed by atoms with van der Waals surface area (Å²) < 4.78 is 17.5. The molecule has 0 aromatic rings. The van der Waals surface area contributed by atoms with Crippen LogP contribution in [0.2, 0.25) is 0 Å². The maximum Gasteiger partial charge on any atom is 0.330 e. The molecule has 0 aliphatic heterocycles. The molecule has 10 N–H and O–H groups in total. The van der Waals surface area contributed by atoms with Crippen molar-refractivity contribution in [3.05, 3.63) is 12.2 Å². The lowest BCUT2D eigenvalue weighted by Gasteiger charge is -2.20. The highest BCUT2D eigenvalue weighted by Gasteiger charge is 2.29. The van der Waals surface area contributed by atoms with Crippen LogP contribution < -0.4 is 22.1 Å². The number of amides is 2. The lowest BCUT2D eigenvalue weighted by molar-refractivity contribution is -0.146. The zero-order chi connectivity index (χ0) is 47.0.